The zero-order chi connectivity index (χ0) is 16.5. The van der Waals surface area contributed by atoms with Crippen LogP contribution in [0, 0.1) is 6.92 Å². The van der Waals surface area contributed by atoms with Crippen molar-refractivity contribution in [2.24, 2.45) is 0 Å². The molecule has 1 aliphatic rings. The van der Waals surface area contributed by atoms with E-state index in [1.807, 2.05) is 24.3 Å². The fourth-order valence-corrected chi connectivity index (χ4v) is 3.70. The molecule has 2 heterocycles. The minimum absolute atomic E-state index is 0.0795. The summed E-state index contributed by atoms with van der Waals surface area (Å²) >= 11 is 0. The second-order valence-electron chi connectivity index (χ2n) is 6.51. The van der Waals surface area contributed by atoms with Gasteiger partial charge in [0.1, 0.15) is 5.69 Å². The summed E-state index contributed by atoms with van der Waals surface area (Å²) in [4.78, 5) is 22.3. The molecular weight excluding hydrogens is 298 g/mol. The van der Waals surface area contributed by atoms with E-state index in [1.165, 1.54) is 11.1 Å². The number of para-hydroxylation sites is 2. The minimum atomic E-state index is -0.0795. The van der Waals surface area contributed by atoms with Crippen LogP contribution >= 0.6 is 0 Å². The second-order valence-corrected chi connectivity index (χ2v) is 6.51. The molecule has 1 atom stereocenters. The maximum Gasteiger partial charge on any atom is 0.271 e. The molecule has 1 fully saturated rings. The maximum atomic E-state index is 12.4. The van der Waals surface area contributed by atoms with Gasteiger partial charge in [0.25, 0.3) is 5.56 Å². The van der Waals surface area contributed by atoms with Gasteiger partial charge in [0.15, 0.2) is 0 Å². The quantitative estimate of drug-likeness (QED) is 0.803. The van der Waals surface area contributed by atoms with E-state index in [9.17, 15) is 4.79 Å². The van der Waals surface area contributed by atoms with Crippen LogP contribution in [0.5, 0.6) is 0 Å². The normalized spacial score (nSPS) is 18.3. The Bertz CT molecular complexity index is 931. The first-order valence-corrected chi connectivity index (χ1v) is 8.50. The Labute approximate surface area is 141 Å². The second kappa shape index (κ2) is 6.21. The van der Waals surface area contributed by atoms with E-state index in [2.05, 4.69) is 46.1 Å². The highest BCUT2D eigenvalue weighted by Crippen LogP contribution is 2.34. The lowest BCUT2D eigenvalue weighted by molar-refractivity contribution is 0.244. The van der Waals surface area contributed by atoms with Crippen LogP contribution in [0.2, 0.25) is 0 Å². The number of nitrogens with one attached hydrogen (secondary N) is 1. The van der Waals surface area contributed by atoms with Gasteiger partial charge in [-0.1, -0.05) is 36.4 Å². The fourth-order valence-electron chi connectivity index (χ4n) is 3.70. The first-order valence-electron chi connectivity index (χ1n) is 8.50. The molecule has 2 aromatic carbocycles. The zero-order valence-electron chi connectivity index (χ0n) is 13.8. The van der Waals surface area contributed by atoms with Gasteiger partial charge in [-0.2, -0.15) is 0 Å². The number of fused-ring (bicyclic) bond motifs is 1. The lowest BCUT2D eigenvalue weighted by atomic mass is 9.99. The Kier molecular flexibility index (Phi) is 3.90. The van der Waals surface area contributed by atoms with Crippen molar-refractivity contribution in [2.75, 3.05) is 6.54 Å². The lowest BCUT2D eigenvalue weighted by Gasteiger charge is -2.25. The van der Waals surface area contributed by atoms with Crippen LogP contribution in [0.4, 0.5) is 0 Å². The molecule has 1 N–H and O–H groups in total. The molecule has 3 aromatic rings. The fraction of sp³-hybridized carbons (Fsp3) is 0.300. The van der Waals surface area contributed by atoms with Crippen LogP contribution in [0.25, 0.3) is 11.0 Å². The van der Waals surface area contributed by atoms with Gasteiger partial charge in [-0.25, -0.2) is 4.98 Å². The number of rotatable bonds is 3. The van der Waals surface area contributed by atoms with Crippen molar-refractivity contribution in [1.82, 2.24) is 14.9 Å². The van der Waals surface area contributed by atoms with Gasteiger partial charge in [0, 0.05) is 12.6 Å². The van der Waals surface area contributed by atoms with Crippen LogP contribution in [0.3, 0.4) is 0 Å². The summed E-state index contributed by atoms with van der Waals surface area (Å²) in [6.45, 7) is 3.76. The predicted octanol–water partition coefficient (Wildman–Crippen LogP) is 3.57. The average Bonchev–Trinajstić information content (AvgIpc) is 3.04. The number of likely N-dealkylation sites (tertiary alicyclic amines) is 1. The van der Waals surface area contributed by atoms with Gasteiger partial charge in [0.05, 0.1) is 11.0 Å². The molecule has 0 amide bonds. The van der Waals surface area contributed by atoms with Crippen molar-refractivity contribution in [3.8, 4) is 0 Å². The van der Waals surface area contributed by atoms with Gasteiger partial charge in [0.2, 0.25) is 0 Å². The summed E-state index contributed by atoms with van der Waals surface area (Å²) in [5.74, 6) is 0. The Balaban J connectivity index is 1.66. The Morgan fingerprint density at radius 1 is 1.17 bits per heavy atom. The van der Waals surface area contributed by atoms with E-state index in [4.69, 9.17) is 0 Å². The van der Waals surface area contributed by atoms with Crippen molar-refractivity contribution in [3.63, 3.8) is 0 Å². The number of benzene rings is 2. The molecule has 0 spiro atoms. The molecule has 0 aliphatic carbocycles. The van der Waals surface area contributed by atoms with E-state index in [1.54, 1.807) is 0 Å². The third-order valence-corrected chi connectivity index (χ3v) is 4.93. The number of aromatic nitrogens is 2. The van der Waals surface area contributed by atoms with Crippen LogP contribution in [-0.2, 0) is 6.54 Å². The number of aryl methyl sites for hydroxylation is 1. The summed E-state index contributed by atoms with van der Waals surface area (Å²) in [5.41, 5.74) is 4.85. The number of nitrogens with zero attached hydrogens (tertiary/aromatic N) is 2. The average molecular weight is 319 g/mol. The van der Waals surface area contributed by atoms with Gasteiger partial charge >= 0.3 is 0 Å². The standard InChI is InChI=1S/C20H21N3O/c1-14-7-2-3-8-15(14)19-11-6-12-23(19)13-18-20(24)22-17-10-5-4-9-16(17)21-18/h2-5,7-10,19H,6,11-13H2,1H3,(H,22,24)/t19-/m1/s1. The summed E-state index contributed by atoms with van der Waals surface area (Å²) in [6, 6.07) is 16.6. The SMILES string of the molecule is Cc1ccccc1[C@H]1CCCN1Cc1nc2ccccc2[nH]c1=O. The topological polar surface area (TPSA) is 49.0 Å². The Hall–Kier alpha value is -2.46. The summed E-state index contributed by atoms with van der Waals surface area (Å²) in [7, 11) is 0. The number of aromatic amines is 1. The first-order chi connectivity index (χ1) is 11.7. The van der Waals surface area contributed by atoms with Crippen molar-refractivity contribution in [2.45, 2.75) is 32.4 Å². The number of hydrogen-bond donors (Lipinski definition) is 1. The highest BCUT2D eigenvalue weighted by molar-refractivity contribution is 5.73. The van der Waals surface area contributed by atoms with Crippen LogP contribution < -0.4 is 5.56 Å². The monoisotopic (exact) mass is 319 g/mol. The molecule has 1 aromatic heterocycles. The van der Waals surface area contributed by atoms with Crippen LogP contribution in [-0.4, -0.2) is 21.4 Å². The van der Waals surface area contributed by atoms with E-state index in [0.717, 1.165) is 30.4 Å². The van der Waals surface area contributed by atoms with Crippen molar-refractivity contribution >= 4 is 11.0 Å². The molecule has 1 saturated heterocycles. The van der Waals surface area contributed by atoms with Crippen molar-refractivity contribution in [1.29, 1.82) is 0 Å². The molecule has 4 rings (SSSR count). The lowest BCUT2D eigenvalue weighted by Crippen LogP contribution is -2.28. The molecule has 0 unspecified atom stereocenters. The molecule has 4 heteroatoms. The van der Waals surface area contributed by atoms with E-state index < -0.39 is 0 Å². The van der Waals surface area contributed by atoms with E-state index >= 15 is 0 Å². The predicted molar refractivity (Wildman–Crippen MR) is 95.9 cm³/mol. The number of hydrogen-bond acceptors (Lipinski definition) is 3. The molecule has 122 valence electrons. The first kappa shape index (κ1) is 15.1. The summed E-state index contributed by atoms with van der Waals surface area (Å²) in [6.07, 6.45) is 2.29. The molecule has 0 saturated carbocycles. The smallest absolute Gasteiger partial charge is 0.271 e. The Morgan fingerprint density at radius 3 is 2.83 bits per heavy atom. The van der Waals surface area contributed by atoms with Crippen LogP contribution in [0.1, 0.15) is 35.7 Å². The van der Waals surface area contributed by atoms with Gasteiger partial charge in [-0.05, 0) is 49.6 Å². The van der Waals surface area contributed by atoms with E-state index in [-0.39, 0.29) is 5.56 Å². The number of H-pyrrole nitrogens is 1. The molecule has 0 bridgehead atoms. The zero-order valence-corrected chi connectivity index (χ0v) is 13.8. The Morgan fingerprint density at radius 2 is 1.96 bits per heavy atom. The maximum absolute atomic E-state index is 12.4. The molecule has 1 aliphatic heterocycles. The highest BCUT2D eigenvalue weighted by atomic mass is 16.1. The molecule has 4 nitrogen and oxygen atoms in total. The minimum Gasteiger partial charge on any atom is -0.319 e. The van der Waals surface area contributed by atoms with Crippen LogP contribution in [0.15, 0.2) is 53.3 Å². The summed E-state index contributed by atoms with van der Waals surface area (Å²) < 4.78 is 0. The van der Waals surface area contributed by atoms with Gasteiger partial charge in [-0.15, -0.1) is 0 Å². The van der Waals surface area contributed by atoms with E-state index in [0.29, 0.717) is 18.3 Å². The van der Waals surface area contributed by atoms with Gasteiger partial charge in [-0.3, -0.25) is 9.69 Å². The summed E-state index contributed by atoms with van der Waals surface area (Å²) in [5, 5.41) is 0. The highest BCUT2D eigenvalue weighted by Gasteiger charge is 2.27. The van der Waals surface area contributed by atoms with Crippen molar-refractivity contribution < 1.29 is 0 Å². The van der Waals surface area contributed by atoms with Gasteiger partial charge < -0.3 is 4.98 Å². The van der Waals surface area contributed by atoms with Crippen molar-refractivity contribution in [3.05, 3.63) is 75.7 Å². The third-order valence-electron chi connectivity index (χ3n) is 4.93. The molecule has 24 heavy (non-hydrogen) atoms. The molecule has 0 radical (unpaired) electrons. The molecular formula is C20H21N3O. The largest absolute Gasteiger partial charge is 0.319 e. The third kappa shape index (κ3) is 2.74.